The topological polar surface area (TPSA) is 43.9 Å². The lowest BCUT2D eigenvalue weighted by Crippen LogP contribution is -2.53. The maximum atomic E-state index is 12.9. The van der Waals surface area contributed by atoms with Crippen molar-refractivity contribution in [1.29, 1.82) is 0 Å². The van der Waals surface area contributed by atoms with Gasteiger partial charge < -0.3 is 9.80 Å². The van der Waals surface area contributed by atoms with Crippen LogP contribution >= 0.6 is 0 Å². The van der Waals surface area contributed by atoms with Crippen molar-refractivity contribution in [3.8, 4) is 0 Å². The fourth-order valence-corrected chi connectivity index (χ4v) is 4.92. The van der Waals surface area contributed by atoms with Gasteiger partial charge in [-0.1, -0.05) is 12.8 Å². The first-order valence-electron chi connectivity index (χ1n) is 9.79. The molecule has 3 rings (SSSR count). The molecule has 3 fully saturated rings. The van der Waals surface area contributed by atoms with Gasteiger partial charge in [0.1, 0.15) is 0 Å². The van der Waals surface area contributed by atoms with Gasteiger partial charge in [0.15, 0.2) is 0 Å². The van der Waals surface area contributed by atoms with Crippen LogP contribution in [0.4, 0.5) is 0 Å². The number of fused-ring (bicyclic) bond motifs is 1. The van der Waals surface area contributed by atoms with Crippen molar-refractivity contribution in [3.05, 3.63) is 0 Å². The van der Waals surface area contributed by atoms with E-state index in [-0.39, 0.29) is 11.8 Å². The molecule has 1 aliphatic carbocycles. The van der Waals surface area contributed by atoms with Gasteiger partial charge in [-0.2, -0.15) is 0 Å². The van der Waals surface area contributed by atoms with Crippen LogP contribution in [0.5, 0.6) is 0 Å². The molecule has 2 unspecified atom stereocenters. The highest BCUT2D eigenvalue weighted by molar-refractivity contribution is 5.79. The lowest BCUT2D eigenvalue weighted by atomic mass is 9.78. The third-order valence-electron chi connectivity index (χ3n) is 6.30. The van der Waals surface area contributed by atoms with E-state index in [0.29, 0.717) is 18.5 Å². The molecule has 2 heterocycles. The van der Waals surface area contributed by atoms with Crippen LogP contribution in [-0.2, 0) is 9.59 Å². The standard InChI is InChI=1S/C19H33N3O2/c1-20(2)19(24)16-9-12-21(13-10-16)14-18(23)22-11-5-7-15-6-3-4-8-17(15)22/h15-17H,3-14H2,1-2H3. The molecular weight excluding hydrogens is 302 g/mol. The summed E-state index contributed by atoms with van der Waals surface area (Å²) < 4.78 is 0. The summed E-state index contributed by atoms with van der Waals surface area (Å²) in [7, 11) is 3.66. The Kier molecular flexibility index (Phi) is 5.80. The van der Waals surface area contributed by atoms with Crippen molar-refractivity contribution in [3.63, 3.8) is 0 Å². The molecule has 0 aromatic rings. The molecule has 0 N–H and O–H groups in total. The van der Waals surface area contributed by atoms with Crippen LogP contribution in [0.3, 0.4) is 0 Å². The van der Waals surface area contributed by atoms with Gasteiger partial charge >= 0.3 is 0 Å². The van der Waals surface area contributed by atoms with Crippen molar-refractivity contribution < 1.29 is 9.59 Å². The average molecular weight is 335 g/mol. The number of amides is 2. The third kappa shape index (κ3) is 3.93. The van der Waals surface area contributed by atoms with Crippen molar-refractivity contribution in [2.45, 2.75) is 57.4 Å². The SMILES string of the molecule is CN(C)C(=O)C1CCN(CC(=O)N2CCCC3CCCCC32)CC1. The molecule has 0 aromatic carbocycles. The minimum absolute atomic E-state index is 0.143. The Labute approximate surface area is 146 Å². The maximum absolute atomic E-state index is 12.9. The largest absolute Gasteiger partial charge is 0.349 e. The molecule has 0 radical (unpaired) electrons. The lowest BCUT2D eigenvalue weighted by molar-refractivity contribution is -0.139. The molecule has 0 aromatic heterocycles. The Balaban J connectivity index is 1.49. The van der Waals surface area contributed by atoms with Crippen LogP contribution in [0.25, 0.3) is 0 Å². The minimum Gasteiger partial charge on any atom is -0.349 e. The third-order valence-corrected chi connectivity index (χ3v) is 6.30. The maximum Gasteiger partial charge on any atom is 0.237 e. The Hall–Kier alpha value is -1.10. The highest BCUT2D eigenvalue weighted by Gasteiger charge is 2.36. The zero-order valence-electron chi connectivity index (χ0n) is 15.4. The second kappa shape index (κ2) is 7.85. The highest BCUT2D eigenvalue weighted by Crippen LogP contribution is 2.35. The quantitative estimate of drug-likeness (QED) is 0.792. The first-order chi connectivity index (χ1) is 11.6. The monoisotopic (exact) mass is 335 g/mol. The summed E-state index contributed by atoms with van der Waals surface area (Å²) in [4.78, 5) is 31.1. The molecular formula is C19H33N3O2. The second-order valence-electron chi connectivity index (χ2n) is 8.12. The number of carbonyl (C=O) groups is 2. The molecule has 5 nitrogen and oxygen atoms in total. The van der Waals surface area contributed by atoms with Crippen LogP contribution < -0.4 is 0 Å². The molecule has 136 valence electrons. The lowest BCUT2D eigenvalue weighted by Gasteiger charge is -2.45. The number of rotatable bonds is 3. The molecule has 2 aliphatic heterocycles. The summed E-state index contributed by atoms with van der Waals surface area (Å²) in [6, 6.07) is 0.507. The number of carbonyl (C=O) groups excluding carboxylic acids is 2. The molecule has 0 spiro atoms. The van der Waals surface area contributed by atoms with Gasteiger partial charge in [-0.05, 0) is 57.5 Å². The van der Waals surface area contributed by atoms with E-state index in [1.807, 2.05) is 14.1 Å². The van der Waals surface area contributed by atoms with E-state index < -0.39 is 0 Å². The Morgan fingerprint density at radius 3 is 2.29 bits per heavy atom. The smallest absolute Gasteiger partial charge is 0.237 e. The number of piperidine rings is 2. The fourth-order valence-electron chi connectivity index (χ4n) is 4.92. The molecule has 2 saturated heterocycles. The van der Waals surface area contributed by atoms with Crippen molar-refractivity contribution in [1.82, 2.24) is 14.7 Å². The van der Waals surface area contributed by atoms with Crippen molar-refractivity contribution in [2.24, 2.45) is 11.8 Å². The van der Waals surface area contributed by atoms with E-state index in [1.54, 1.807) is 4.90 Å². The fraction of sp³-hybridized carbons (Fsp3) is 0.895. The van der Waals surface area contributed by atoms with Gasteiger partial charge in [-0.25, -0.2) is 0 Å². The Bertz CT molecular complexity index is 456. The zero-order chi connectivity index (χ0) is 17.1. The normalized spacial score (nSPS) is 29.2. The van der Waals surface area contributed by atoms with Crippen LogP contribution in [0.15, 0.2) is 0 Å². The summed E-state index contributed by atoms with van der Waals surface area (Å²) in [5.74, 6) is 1.45. The van der Waals surface area contributed by atoms with E-state index >= 15 is 0 Å². The van der Waals surface area contributed by atoms with Crippen molar-refractivity contribution in [2.75, 3.05) is 40.3 Å². The molecule has 5 heteroatoms. The van der Waals surface area contributed by atoms with Crippen LogP contribution in [0.1, 0.15) is 51.4 Å². The van der Waals surface area contributed by atoms with E-state index in [2.05, 4.69) is 9.80 Å². The van der Waals surface area contributed by atoms with Crippen LogP contribution in [-0.4, -0.2) is 72.8 Å². The predicted octanol–water partition coefficient (Wildman–Crippen LogP) is 1.97. The molecule has 2 atom stereocenters. The van der Waals surface area contributed by atoms with Crippen LogP contribution in [0, 0.1) is 11.8 Å². The van der Waals surface area contributed by atoms with E-state index in [1.165, 1.54) is 38.5 Å². The summed E-state index contributed by atoms with van der Waals surface area (Å²) in [5.41, 5.74) is 0. The molecule has 2 amide bonds. The van der Waals surface area contributed by atoms with Crippen LogP contribution in [0.2, 0.25) is 0 Å². The first-order valence-corrected chi connectivity index (χ1v) is 9.79. The van der Waals surface area contributed by atoms with Gasteiger partial charge in [0, 0.05) is 32.6 Å². The number of likely N-dealkylation sites (tertiary alicyclic amines) is 2. The van der Waals surface area contributed by atoms with Gasteiger partial charge in [0.25, 0.3) is 0 Å². The number of hydrogen-bond acceptors (Lipinski definition) is 3. The van der Waals surface area contributed by atoms with Gasteiger partial charge in [-0.15, -0.1) is 0 Å². The van der Waals surface area contributed by atoms with Crippen molar-refractivity contribution >= 4 is 11.8 Å². The minimum atomic E-state index is 0.143. The van der Waals surface area contributed by atoms with E-state index in [0.717, 1.165) is 38.4 Å². The summed E-state index contributed by atoms with van der Waals surface area (Å²) in [6.45, 7) is 3.25. The first kappa shape index (κ1) is 17.7. The van der Waals surface area contributed by atoms with Gasteiger partial charge in [-0.3, -0.25) is 14.5 Å². The average Bonchev–Trinajstić information content (AvgIpc) is 2.61. The second-order valence-corrected chi connectivity index (χ2v) is 8.12. The van der Waals surface area contributed by atoms with E-state index in [9.17, 15) is 9.59 Å². The van der Waals surface area contributed by atoms with Gasteiger partial charge in [0.05, 0.1) is 6.54 Å². The highest BCUT2D eigenvalue weighted by atomic mass is 16.2. The molecule has 3 aliphatic rings. The molecule has 24 heavy (non-hydrogen) atoms. The number of hydrogen-bond donors (Lipinski definition) is 0. The molecule has 0 bridgehead atoms. The summed E-state index contributed by atoms with van der Waals surface area (Å²) >= 11 is 0. The predicted molar refractivity (Wildman–Crippen MR) is 94.6 cm³/mol. The zero-order valence-corrected chi connectivity index (χ0v) is 15.4. The summed E-state index contributed by atoms with van der Waals surface area (Å²) in [6.07, 6.45) is 9.40. The Morgan fingerprint density at radius 1 is 0.917 bits per heavy atom. The molecule has 1 saturated carbocycles. The Morgan fingerprint density at radius 2 is 1.58 bits per heavy atom. The van der Waals surface area contributed by atoms with Gasteiger partial charge in [0.2, 0.25) is 11.8 Å². The van der Waals surface area contributed by atoms with E-state index in [4.69, 9.17) is 0 Å². The number of nitrogens with zero attached hydrogens (tertiary/aromatic N) is 3. The summed E-state index contributed by atoms with van der Waals surface area (Å²) in [5, 5.41) is 0.